The molecule has 0 spiro atoms. The van der Waals surface area contributed by atoms with E-state index in [0.717, 1.165) is 11.1 Å². The van der Waals surface area contributed by atoms with Gasteiger partial charge in [0.05, 0.1) is 12.5 Å². The van der Waals surface area contributed by atoms with Crippen LogP contribution >= 0.6 is 12.4 Å². The van der Waals surface area contributed by atoms with Crippen LogP contribution in [-0.2, 0) is 16.1 Å². The fraction of sp³-hybridized carbons (Fsp3) is 0.316. The van der Waals surface area contributed by atoms with Gasteiger partial charge in [-0.1, -0.05) is 12.1 Å². The van der Waals surface area contributed by atoms with Crippen LogP contribution in [-0.4, -0.2) is 25.7 Å². The second-order valence-corrected chi connectivity index (χ2v) is 5.73. The van der Waals surface area contributed by atoms with Gasteiger partial charge in [-0.3, -0.25) is 4.79 Å². The van der Waals surface area contributed by atoms with Crippen molar-refractivity contribution in [1.29, 1.82) is 0 Å². The Hall–Kier alpha value is -2.15. The zero-order valence-corrected chi connectivity index (χ0v) is 15.6. The molecule has 1 unspecified atom stereocenters. The topological polar surface area (TPSA) is 73.6 Å². The Morgan fingerprint density at radius 2 is 1.92 bits per heavy atom. The fourth-order valence-electron chi connectivity index (χ4n) is 2.31. The van der Waals surface area contributed by atoms with Crippen LogP contribution in [0.3, 0.4) is 0 Å². The second kappa shape index (κ2) is 10.8. The summed E-state index contributed by atoms with van der Waals surface area (Å²) in [5, 5.41) is 2.84. The summed E-state index contributed by atoms with van der Waals surface area (Å²) < 4.78 is 23.8. The number of halogens is 2. The van der Waals surface area contributed by atoms with Crippen molar-refractivity contribution >= 4 is 18.3 Å². The minimum absolute atomic E-state index is 0. The second-order valence-electron chi connectivity index (χ2n) is 5.73. The van der Waals surface area contributed by atoms with Crippen LogP contribution in [0.15, 0.2) is 42.5 Å². The van der Waals surface area contributed by atoms with E-state index < -0.39 is 0 Å². The van der Waals surface area contributed by atoms with Gasteiger partial charge in [0.15, 0.2) is 0 Å². The molecule has 0 aromatic heterocycles. The molecule has 0 saturated carbocycles. The first-order valence-corrected chi connectivity index (χ1v) is 8.04. The summed E-state index contributed by atoms with van der Waals surface area (Å²) in [6, 6.07) is 11.5. The zero-order valence-electron chi connectivity index (χ0n) is 14.8. The first-order chi connectivity index (χ1) is 12.0. The summed E-state index contributed by atoms with van der Waals surface area (Å²) in [7, 11) is 1.54. The lowest BCUT2D eigenvalue weighted by Gasteiger charge is -2.13. The van der Waals surface area contributed by atoms with Crippen molar-refractivity contribution in [3.63, 3.8) is 0 Å². The summed E-state index contributed by atoms with van der Waals surface area (Å²) >= 11 is 0. The number of nitrogens with one attached hydrogen (secondary N) is 1. The Labute approximate surface area is 159 Å². The van der Waals surface area contributed by atoms with Gasteiger partial charge < -0.3 is 20.5 Å². The molecule has 1 atom stereocenters. The maximum absolute atomic E-state index is 12.9. The van der Waals surface area contributed by atoms with Gasteiger partial charge in [-0.15, -0.1) is 12.4 Å². The third-order valence-electron chi connectivity index (χ3n) is 3.78. The van der Waals surface area contributed by atoms with E-state index in [4.69, 9.17) is 15.2 Å². The number of aryl methyl sites for hydroxylation is 1. The maximum atomic E-state index is 12.9. The molecule has 2 aromatic rings. The lowest BCUT2D eigenvalue weighted by atomic mass is 10.1. The molecule has 0 radical (unpaired) electrons. The minimum atomic E-state index is -0.305. The van der Waals surface area contributed by atoms with Crippen molar-refractivity contribution < 1.29 is 18.7 Å². The third-order valence-corrected chi connectivity index (χ3v) is 3.78. The summed E-state index contributed by atoms with van der Waals surface area (Å²) in [6.07, 6.45) is -0.0363. The molecule has 0 bridgehead atoms. The molecule has 5 nitrogen and oxygen atoms in total. The van der Waals surface area contributed by atoms with Gasteiger partial charge >= 0.3 is 0 Å². The van der Waals surface area contributed by atoms with Crippen molar-refractivity contribution in [1.82, 2.24) is 5.32 Å². The molecule has 0 fully saturated rings. The third kappa shape index (κ3) is 6.63. The summed E-state index contributed by atoms with van der Waals surface area (Å²) in [5.74, 6) is 0.837. The number of nitrogens with two attached hydrogens (primary N) is 1. The van der Waals surface area contributed by atoms with E-state index in [-0.39, 0.29) is 36.7 Å². The molecule has 0 saturated heterocycles. The molecule has 0 heterocycles. The van der Waals surface area contributed by atoms with Crippen LogP contribution < -0.4 is 15.8 Å². The highest BCUT2D eigenvalue weighted by molar-refractivity contribution is 5.85. The van der Waals surface area contributed by atoms with Crippen LogP contribution in [0.1, 0.15) is 17.5 Å². The number of amides is 1. The fourth-order valence-corrected chi connectivity index (χ4v) is 2.31. The van der Waals surface area contributed by atoms with E-state index in [0.29, 0.717) is 24.6 Å². The lowest BCUT2D eigenvalue weighted by Crippen LogP contribution is -2.31. The normalized spacial score (nSPS) is 11.4. The predicted molar refractivity (Wildman–Crippen MR) is 101 cm³/mol. The van der Waals surface area contributed by atoms with Gasteiger partial charge in [0.25, 0.3) is 0 Å². The summed E-state index contributed by atoms with van der Waals surface area (Å²) in [5.41, 5.74) is 7.39. The highest BCUT2D eigenvalue weighted by Crippen LogP contribution is 2.25. The van der Waals surface area contributed by atoms with Crippen LogP contribution in [0, 0.1) is 12.7 Å². The first-order valence-electron chi connectivity index (χ1n) is 8.04. The molecule has 7 heteroatoms. The number of benzene rings is 2. The molecule has 3 N–H and O–H groups in total. The summed E-state index contributed by atoms with van der Waals surface area (Å²) in [6.45, 7) is 2.63. The predicted octanol–water partition coefficient (Wildman–Crippen LogP) is 3.33. The van der Waals surface area contributed by atoms with E-state index in [2.05, 4.69) is 5.32 Å². The molecule has 26 heavy (non-hydrogen) atoms. The number of methoxy groups -OCH3 is 1. The summed E-state index contributed by atoms with van der Waals surface area (Å²) in [4.78, 5) is 11.9. The SMILES string of the molecule is COC(CN)CC(=O)NCc1ccc(Oc2ccc(F)cc2)c(C)c1.Cl. The molecular weight excluding hydrogens is 359 g/mol. The highest BCUT2D eigenvalue weighted by Gasteiger charge is 2.11. The number of ether oxygens (including phenoxy) is 2. The molecule has 1 amide bonds. The van der Waals surface area contributed by atoms with Crippen molar-refractivity contribution in [2.75, 3.05) is 13.7 Å². The van der Waals surface area contributed by atoms with E-state index in [1.54, 1.807) is 12.1 Å². The quantitative estimate of drug-likeness (QED) is 0.734. The van der Waals surface area contributed by atoms with Gasteiger partial charge in [0, 0.05) is 20.2 Å². The van der Waals surface area contributed by atoms with Crippen LogP contribution in [0.2, 0.25) is 0 Å². The average Bonchev–Trinajstić information content (AvgIpc) is 2.61. The van der Waals surface area contributed by atoms with Gasteiger partial charge in [-0.25, -0.2) is 4.39 Å². The van der Waals surface area contributed by atoms with Gasteiger partial charge in [0.1, 0.15) is 17.3 Å². The van der Waals surface area contributed by atoms with E-state index in [1.165, 1.54) is 19.2 Å². The Bertz CT molecular complexity index is 706. The van der Waals surface area contributed by atoms with Crippen molar-refractivity contribution in [3.05, 3.63) is 59.4 Å². The number of rotatable bonds is 8. The molecule has 0 aliphatic carbocycles. The first kappa shape index (κ1) is 21.9. The number of hydrogen-bond donors (Lipinski definition) is 2. The highest BCUT2D eigenvalue weighted by atomic mass is 35.5. The number of carbonyl (C=O) groups is 1. The van der Waals surface area contributed by atoms with Crippen molar-refractivity contribution in [2.45, 2.75) is 26.0 Å². The molecule has 142 valence electrons. The van der Waals surface area contributed by atoms with Crippen LogP contribution in [0.5, 0.6) is 11.5 Å². The Balaban J connectivity index is 0.00000338. The molecule has 2 aromatic carbocycles. The molecular formula is C19H24ClFN2O3. The number of carbonyl (C=O) groups excluding carboxylic acids is 1. The largest absolute Gasteiger partial charge is 0.457 e. The van der Waals surface area contributed by atoms with Crippen LogP contribution in [0.4, 0.5) is 4.39 Å². The molecule has 0 aliphatic rings. The Kier molecular flexibility index (Phi) is 9.05. The Morgan fingerprint density at radius 3 is 2.50 bits per heavy atom. The van der Waals surface area contributed by atoms with E-state index >= 15 is 0 Å². The average molecular weight is 383 g/mol. The van der Waals surface area contributed by atoms with Crippen LogP contribution in [0.25, 0.3) is 0 Å². The maximum Gasteiger partial charge on any atom is 0.222 e. The minimum Gasteiger partial charge on any atom is -0.457 e. The monoisotopic (exact) mass is 382 g/mol. The van der Waals surface area contributed by atoms with Gasteiger partial charge in [-0.05, 0) is 48.4 Å². The zero-order chi connectivity index (χ0) is 18.2. The Morgan fingerprint density at radius 1 is 1.23 bits per heavy atom. The molecule has 2 rings (SSSR count). The van der Waals surface area contributed by atoms with Crippen molar-refractivity contribution in [3.8, 4) is 11.5 Å². The number of hydrogen-bond acceptors (Lipinski definition) is 4. The van der Waals surface area contributed by atoms with Gasteiger partial charge in [0.2, 0.25) is 5.91 Å². The molecule has 0 aliphatic heterocycles. The smallest absolute Gasteiger partial charge is 0.222 e. The van der Waals surface area contributed by atoms with Gasteiger partial charge in [-0.2, -0.15) is 0 Å². The van der Waals surface area contributed by atoms with E-state index in [1.807, 2.05) is 25.1 Å². The standard InChI is InChI=1S/C19H23FN2O3.ClH/c1-13-9-14(12-22-19(23)10-17(11-21)24-2)3-8-18(13)25-16-6-4-15(20)5-7-16;/h3-9,17H,10-12,21H2,1-2H3,(H,22,23);1H. The lowest BCUT2D eigenvalue weighted by molar-refractivity contribution is -0.123. The van der Waals surface area contributed by atoms with E-state index in [9.17, 15) is 9.18 Å². The van der Waals surface area contributed by atoms with Crippen molar-refractivity contribution in [2.24, 2.45) is 5.73 Å².